The lowest BCUT2D eigenvalue weighted by atomic mass is 9.75. The molecule has 0 bridgehead atoms. The van der Waals surface area contributed by atoms with E-state index in [-0.39, 0.29) is 11.9 Å². The molecule has 22 heavy (non-hydrogen) atoms. The number of hydrogen-bond acceptors (Lipinski definition) is 4. The topological polar surface area (TPSA) is 55.8 Å². The van der Waals surface area contributed by atoms with Crippen molar-refractivity contribution in [2.75, 3.05) is 31.8 Å². The molecule has 118 valence electrons. The second-order valence-corrected chi connectivity index (χ2v) is 6.48. The first-order valence-electron chi connectivity index (χ1n) is 7.38. The van der Waals surface area contributed by atoms with Gasteiger partial charge in [0.2, 0.25) is 5.91 Å². The van der Waals surface area contributed by atoms with Crippen molar-refractivity contribution in [3.8, 4) is 0 Å². The largest absolute Gasteiger partial charge is 0.462 e. The van der Waals surface area contributed by atoms with Crippen molar-refractivity contribution in [1.82, 2.24) is 0 Å². The first-order valence-corrected chi connectivity index (χ1v) is 8.17. The van der Waals surface area contributed by atoms with E-state index in [1.807, 2.05) is 6.07 Å². The molecule has 2 aliphatic heterocycles. The Morgan fingerprint density at radius 2 is 2.09 bits per heavy atom. The van der Waals surface area contributed by atoms with Crippen molar-refractivity contribution in [3.63, 3.8) is 0 Å². The molecule has 0 radical (unpaired) electrons. The van der Waals surface area contributed by atoms with Gasteiger partial charge in [0.1, 0.15) is 0 Å². The van der Waals surface area contributed by atoms with Gasteiger partial charge in [-0.2, -0.15) is 0 Å². The van der Waals surface area contributed by atoms with Gasteiger partial charge in [-0.1, -0.05) is 0 Å². The lowest BCUT2D eigenvalue weighted by molar-refractivity contribution is -0.126. The van der Waals surface area contributed by atoms with E-state index in [0.29, 0.717) is 42.7 Å². The van der Waals surface area contributed by atoms with Gasteiger partial charge in [0.05, 0.1) is 17.6 Å². The van der Waals surface area contributed by atoms with Crippen LogP contribution in [-0.2, 0) is 19.7 Å². The number of anilines is 1. The fraction of sp³-hybridized carbons (Fsp3) is 0.500. The predicted octanol–water partition coefficient (Wildman–Crippen LogP) is 2.65. The van der Waals surface area contributed by atoms with Crippen molar-refractivity contribution >= 4 is 33.5 Å². The molecular weight excluding hydrogens is 350 g/mol. The zero-order valence-corrected chi connectivity index (χ0v) is 14.2. The average molecular weight is 368 g/mol. The highest BCUT2D eigenvalue weighted by Crippen LogP contribution is 2.48. The summed E-state index contributed by atoms with van der Waals surface area (Å²) < 4.78 is 11.2. The van der Waals surface area contributed by atoms with E-state index in [9.17, 15) is 9.59 Å². The minimum absolute atomic E-state index is 0.0821. The van der Waals surface area contributed by atoms with Crippen LogP contribution in [0.2, 0.25) is 0 Å². The molecular formula is C16H18BrNO4. The van der Waals surface area contributed by atoms with Gasteiger partial charge in [0.25, 0.3) is 0 Å². The van der Waals surface area contributed by atoms with Crippen molar-refractivity contribution in [2.45, 2.75) is 25.2 Å². The number of ether oxygens (including phenoxy) is 2. The van der Waals surface area contributed by atoms with Crippen LogP contribution in [0.25, 0.3) is 0 Å². The number of carbonyl (C=O) groups is 2. The predicted molar refractivity (Wildman–Crippen MR) is 85.2 cm³/mol. The molecule has 1 fully saturated rings. The third-order valence-electron chi connectivity index (χ3n) is 4.52. The van der Waals surface area contributed by atoms with Crippen LogP contribution in [0.3, 0.4) is 0 Å². The minimum Gasteiger partial charge on any atom is -0.462 e. The molecule has 2 heterocycles. The number of likely N-dealkylation sites (N-methyl/N-ethyl adjacent to an activating group) is 1. The van der Waals surface area contributed by atoms with Gasteiger partial charge in [0, 0.05) is 30.4 Å². The van der Waals surface area contributed by atoms with Gasteiger partial charge < -0.3 is 14.4 Å². The number of esters is 1. The smallest absolute Gasteiger partial charge is 0.339 e. The minimum atomic E-state index is -0.516. The molecule has 0 saturated carbocycles. The molecule has 1 amide bonds. The lowest BCUT2D eigenvalue weighted by Gasteiger charge is -2.32. The van der Waals surface area contributed by atoms with E-state index in [1.54, 1.807) is 24.9 Å². The van der Waals surface area contributed by atoms with Crippen molar-refractivity contribution in [3.05, 3.63) is 27.7 Å². The van der Waals surface area contributed by atoms with Gasteiger partial charge in [0.15, 0.2) is 0 Å². The summed E-state index contributed by atoms with van der Waals surface area (Å²) in [6, 6.07) is 3.65. The summed E-state index contributed by atoms with van der Waals surface area (Å²) in [7, 11) is 1.76. The molecule has 1 saturated heterocycles. The van der Waals surface area contributed by atoms with Gasteiger partial charge in [-0.25, -0.2) is 4.79 Å². The molecule has 1 spiro atoms. The number of amides is 1. The molecule has 0 aliphatic carbocycles. The van der Waals surface area contributed by atoms with E-state index in [2.05, 4.69) is 15.9 Å². The zero-order chi connectivity index (χ0) is 15.9. The molecule has 0 aromatic heterocycles. The third-order valence-corrected chi connectivity index (χ3v) is 5.17. The molecule has 1 aromatic carbocycles. The second-order valence-electron chi connectivity index (χ2n) is 5.63. The van der Waals surface area contributed by atoms with Gasteiger partial charge >= 0.3 is 5.97 Å². The molecule has 2 aliphatic rings. The first-order chi connectivity index (χ1) is 10.5. The maximum atomic E-state index is 12.8. The van der Waals surface area contributed by atoms with E-state index >= 15 is 0 Å². The van der Waals surface area contributed by atoms with Crippen LogP contribution < -0.4 is 4.90 Å². The number of benzene rings is 1. The molecule has 3 rings (SSSR count). The molecule has 5 nitrogen and oxygen atoms in total. The fourth-order valence-corrected chi connectivity index (χ4v) is 3.84. The van der Waals surface area contributed by atoms with Crippen molar-refractivity contribution in [2.24, 2.45) is 0 Å². The Kier molecular flexibility index (Phi) is 3.99. The van der Waals surface area contributed by atoms with Crippen LogP contribution in [-0.4, -0.2) is 38.7 Å². The number of rotatable bonds is 2. The Labute approximate surface area is 137 Å². The van der Waals surface area contributed by atoms with Crippen LogP contribution in [0, 0.1) is 0 Å². The summed E-state index contributed by atoms with van der Waals surface area (Å²) in [4.78, 5) is 26.5. The fourth-order valence-electron chi connectivity index (χ4n) is 3.34. The van der Waals surface area contributed by atoms with Crippen LogP contribution >= 0.6 is 15.9 Å². The maximum Gasteiger partial charge on any atom is 0.339 e. The molecule has 6 heteroatoms. The van der Waals surface area contributed by atoms with Crippen LogP contribution in [0.5, 0.6) is 0 Å². The Morgan fingerprint density at radius 3 is 2.73 bits per heavy atom. The van der Waals surface area contributed by atoms with Crippen LogP contribution in [0.1, 0.15) is 35.7 Å². The number of hydrogen-bond donors (Lipinski definition) is 0. The lowest BCUT2D eigenvalue weighted by Crippen LogP contribution is -2.42. The number of carbonyl (C=O) groups excluding carboxylic acids is 2. The molecule has 1 aromatic rings. The van der Waals surface area contributed by atoms with Gasteiger partial charge in [-0.3, -0.25) is 4.79 Å². The van der Waals surface area contributed by atoms with E-state index in [1.165, 1.54) is 0 Å². The van der Waals surface area contributed by atoms with Crippen molar-refractivity contribution < 1.29 is 19.1 Å². The number of fused-ring (bicyclic) bond motifs is 2. The Hall–Kier alpha value is -1.40. The highest BCUT2D eigenvalue weighted by Gasteiger charge is 2.50. The standard InChI is InChI=1S/C16H18BrNO4/c1-3-22-14(19)10-8-13-11(9-12(10)17)16(15(20)18(13)2)4-6-21-7-5-16/h8-9H,3-7H2,1-2H3. The van der Waals surface area contributed by atoms with Gasteiger partial charge in [-0.15, -0.1) is 0 Å². The summed E-state index contributed by atoms with van der Waals surface area (Å²) >= 11 is 3.45. The summed E-state index contributed by atoms with van der Waals surface area (Å²) in [5, 5.41) is 0. The zero-order valence-electron chi connectivity index (χ0n) is 12.6. The third kappa shape index (κ3) is 2.16. The summed E-state index contributed by atoms with van der Waals surface area (Å²) in [6.45, 7) is 3.25. The maximum absolute atomic E-state index is 12.8. The van der Waals surface area contributed by atoms with Gasteiger partial charge in [-0.05, 0) is 53.4 Å². The second kappa shape index (κ2) is 5.66. The SMILES string of the molecule is CCOC(=O)c1cc2c(cc1Br)C1(CCOCC1)C(=O)N2C. The number of halogens is 1. The van der Waals surface area contributed by atoms with Crippen LogP contribution in [0.15, 0.2) is 16.6 Å². The molecule has 0 N–H and O–H groups in total. The monoisotopic (exact) mass is 367 g/mol. The summed E-state index contributed by atoms with van der Waals surface area (Å²) in [6.07, 6.45) is 1.35. The molecule has 0 atom stereocenters. The summed E-state index contributed by atoms with van der Waals surface area (Å²) in [5.41, 5.74) is 1.70. The van der Waals surface area contributed by atoms with Crippen molar-refractivity contribution in [1.29, 1.82) is 0 Å². The van der Waals surface area contributed by atoms with E-state index in [4.69, 9.17) is 9.47 Å². The highest BCUT2D eigenvalue weighted by molar-refractivity contribution is 9.10. The Morgan fingerprint density at radius 1 is 1.41 bits per heavy atom. The molecule has 0 unspecified atom stereocenters. The highest BCUT2D eigenvalue weighted by atomic mass is 79.9. The van der Waals surface area contributed by atoms with Crippen LogP contribution in [0.4, 0.5) is 5.69 Å². The Balaban J connectivity index is 2.11. The normalized spacial score (nSPS) is 19.4. The average Bonchev–Trinajstić information content (AvgIpc) is 2.70. The van der Waals surface area contributed by atoms with E-state index in [0.717, 1.165) is 11.3 Å². The quantitative estimate of drug-likeness (QED) is 0.754. The summed E-state index contributed by atoms with van der Waals surface area (Å²) in [5.74, 6) is -0.301. The first kappa shape index (κ1) is 15.5. The van der Waals surface area contributed by atoms with E-state index < -0.39 is 5.41 Å². The number of nitrogens with zero attached hydrogens (tertiary/aromatic N) is 1. The Bertz CT molecular complexity index is 637.